The molecule has 166 valence electrons. The van der Waals surface area contributed by atoms with Crippen molar-refractivity contribution in [1.29, 1.82) is 0 Å². The van der Waals surface area contributed by atoms with Crippen LogP contribution in [0.5, 0.6) is 0 Å². The number of benzene rings is 3. The molecule has 0 radical (unpaired) electrons. The first kappa shape index (κ1) is 26.1. The monoisotopic (exact) mass is 544 g/mol. The highest BCUT2D eigenvalue weighted by atomic mass is 127. The Kier molecular flexibility index (Phi) is 10.7. The van der Waals surface area contributed by atoms with E-state index in [1.807, 2.05) is 0 Å². The van der Waals surface area contributed by atoms with E-state index in [1.54, 1.807) is 0 Å². The van der Waals surface area contributed by atoms with Crippen molar-refractivity contribution in [3.63, 3.8) is 0 Å². The Morgan fingerprint density at radius 2 is 0.871 bits per heavy atom. The molecule has 0 aromatic heterocycles. The molecule has 0 atom stereocenters. The molecule has 3 rings (SSSR count). The van der Waals surface area contributed by atoms with E-state index in [9.17, 15) is 0 Å². The van der Waals surface area contributed by atoms with Crippen LogP contribution >= 0.6 is 7.26 Å². The Labute approximate surface area is 208 Å². The highest BCUT2D eigenvalue weighted by molar-refractivity contribution is 7.95. The molecule has 0 saturated carbocycles. The number of hydrogen-bond donors (Lipinski definition) is 0. The van der Waals surface area contributed by atoms with Crippen LogP contribution in [0.25, 0.3) is 0 Å². The zero-order valence-corrected chi connectivity index (χ0v) is 22.6. The van der Waals surface area contributed by atoms with Crippen molar-refractivity contribution in [2.24, 2.45) is 17.8 Å². The summed E-state index contributed by atoms with van der Waals surface area (Å²) in [6.07, 6.45) is 5.20. The Morgan fingerprint density at radius 3 is 1.16 bits per heavy atom. The lowest BCUT2D eigenvalue weighted by atomic mass is 9.88. The maximum atomic E-state index is 2.38. The first-order valence-electron chi connectivity index (χ1n) is 11.6. The lowest BCUT2D eigenvalue weighted by molar-refractivity contribution is -0.00000659. The molecule has 3 aromatic rings. The minimum Gasteiger partial charge on any atom is -1.00 e. The van der Waals surface area contributed by atoms with Crippen molar-refractivity contribution in [3.8, 4) is 0 Å². The SMILES string of the molecule is CC(C)CC(CC[P+](c1ccccc1)(c1ccccc1)c1ccccc1)CC(C)C.[I-]. The Balaban J connectivity index is 0.00000341. The molecule has 0 aliphatic heterocycles. The predicted octanol–water partition coefficient (Wildman–Crippen LogP) is 4.08. The minimum atomic E-state index is -1.69. The molecule has 0 bridgehead atoms. The largest absolute Gasteiger partial charge is 1.00 e. The van der Waals surface area contributed by atoms with Gasteiger partial charge in [-0.3, -0.25) is 0 Å². The smallest absolute Gasteiger partial charge is 0.112 e. The maximum Gasteiger partial charge on any atom is 0.112 e. The normalized spacial score (nSPS) is 11.7. The molecule has 0 amide bonds. The number of rotatable bonds is 10. The molecule has 3 aromatic carbocycles. The molecule has 0 N–H and O–H groups in total. The third kappa shape index (κ3) is 6.90. The third-order valence-electron chi connectivity index (χ3n) is 6.07. The second-order valence-corrected chi connectivity index (χ2v) is 13.1. The Morgan fingerprint density at radius 1 is 0.548 bits per heavy atom. The fourth-order valence-corrected chi connectivity index (χ4v) is 9.39. The minimum absolute atomic E-state index is 0. The summed E-state index contributed by atoms with van der Waals surface area (Å²) in [6, 6.07) is 34.0. The molecule has 0 aliphatic carbocycles. The molecule has 0 saturated heterocycles. The maximum absolute atomic E-state index is 2.38. The van der Waals surface area contributed by atoms with Crippen LogP contribution in [-0.4, -0.2) is 6.16 Å². The summed E-state index contributed by atoms with van der Waals surface area (Å²) in [7, 11) is -1.69. The van der Waals surface area contributed by atoms with Crippen LogP contribution in [0.4, 0.5) is 0 Å². The van der Waals surface area contributed by atoms with Crippen molar-refractivity contribution >= 4 is 23.2 Å². The van der Waals surface area contributed by atoms with Gasteiger partial charge in [0.15, 0.2) is 0 Å². The molecule has 0 heterocycles. The van der Waals surface area contributed by atoms with Gasteiger partial charge in [-0.05, 0) is 73.4 Å². The molecule has 0 fully saturated rings. The van der Waals surface area contributed by atoms with E-state index in [1.165, 1.54) is 41.3 Å². The van der Waals surface area contributed by atoms with Crippen LogP contribution in [0.2, 0.25) is 0 Å². The van der Waals surface area contributed by atoms with Crippen LogP contribution in [0.15, 0.2) is 91.0 Å². The summed E-state index contributed by atoms with van der Waals surface area (Å²) < 4.78 is 0. The van der Waals surface area contributed by atoms with Gasteiger partial charge < -0.3 is 24.0 Å². The number of halogens is 1. The summed E-state index contributed by atoms with van der Waals surface area (Å²) in [6.45, 7) is 9.51. The van der Waals surface area contributed by atoms with Gasteiger partial charge in [0.05, 0.1) is 6.16 Å². The van der Waals surface area contributed by atoms with Crippen LogP contribution in [0.1, 0.15) is 47.0 Å². The zero-order valence-electron chi connectivity index (χ0n) is 19.5. The second-order valence-electron chi connectivity index (χ2n) is 9.45. The van der Waals surface area contributed by atoms with Gasteiger partial charge in [-0.2, -0.15) is 0 Å². The topological polar surface area (TPSA) is 0 Å². The Hall–Kier alpha value is -1.18. The first-order valence-corrected chi connectivity index (χ1v) is 13.5. The predicted molar refractivity (Wildman–Crippen MR) is 137 cm³/mol. The molecule has 0 spiro atoms. The fourth-order valence-electron chi connectivity index (χ4n) is 4.92. The Bertz CT molecular complexity index is 752. The number of hydrogen-bond acceptors (Lipinski definition) is 0. The molecule has 0 unspecified atom stereocenters. The fraction of sp³-hybridized carbons (Fsp3) is 0.379. The zero-order chi connectivity index (χ0) is 21.4. The lowest BCUT2D eigenvalue weighted by Crippen LogP contribution is -3.00. The molecule has 0 nitrogen and oxygen atoms in total. The van der Waals surface area contributed by atoms with Gasteiger partial charge in [-0.25, -0.2) is 0 Å². The van der Waals surface area contributed by atoms with E-state index in [4.69, 9.17) is 0 Å². The van der Waals surface area contributed by atoms with Crippen LogP contribution < -0.4 is 39.9 Å². The summed E-state index contributed by atoms with van der Waals surface area (Å²) in [5.41, 5.74) is 0. The average Bonchev–Trinajstić information content (AvgIpc) is 2.75. The lowest BCUT2D eigenvalue weighted by Gasteiger charge is -2.30. The van der Waals surface area contributed by atoms with E-state index in [0.717, 1.165) is 17.8 Å². The molecular formula is C29H38IP. The molecular weight excluding hydrogens is 506 g/mol. The van der Waals surface area contributed by atoms with E-state index in [2.05, 4.69) is 119 Å². The van der Waals surface area contributed by atoms with Crippen molar-refractivity contribution in [3.05, 3.63) is 91.0 Å². The summed E-state index contributed by atoms with van der Waals surface area (Å²) in [4.78, 5) is 0. The standard InChI is InChI=1S/C29H38P.HI/c1-24(2)22-26(23-25(3)4)20-21-30(27-14-8-5-9-15-27,28-16-10-6-11-17-28)29-18-12-7-13-19-29;/h5-19,24-26H,20-23H2,1-4H3;1H/q+1;/p-1. The van der Waals surface area contributed by atoms with Crippen LogP contribution in [0.3, 0.4) is 0 Å². The van der Waals surface area contributed by atoms with Gasteiger partial charge in [0.25, 0.3) is 0 Å². The first-order chi connectivity index (χ1) is 14.5. The van der Waals surface area contributed by atoms with Crippen molar-refractivity contribution < 1.29 is 24.0 Å². The van der Waals surface area contributed by atoms with Crippen molar-refractivity contribution in [2.45, 2.75) is 47.0 Å². The second kappa shape index (κ2) is 12.8. The summed E-state index contributed by atoms with van der Waals surface area (Å²) >= 11 is 0. The van der Waals surface area contributed by atoms with E-state index in [0.29, 0.717) is 0 Å². The van der Waals surface area contributed by atoms with Crippen LogP contribution in [-0.2, 0) is 0 Å². The van der Waals surface area contributed by atoms with Gasteiger partial charge in [0, 0.05) is 0 Å². The third-order valence-corrected chi connectivity index (χ3v) is 10.5. The quantitative estimate of drug-likeness (QED) is 0.267. The van der Waals surface area contributed by atoms with Crippen molar-refractivity contribution in [2.75, 3.05) is 6.16 Å². The summed E-state index contributed by atoms with van der Waals surface area (Å²) in [5.74, 6) is 2.30. The van der Waals surface area contributed by atoms with Gasteiger partial charge in [0.2, 0.25) is 0 Å². The summed E-state index contributed by atoms with van der Waals surface area (Å²) in [5, 5.41) is 4.53. The van der Waals surface area contributed by atoms with Gasteiger partial charge >= 0.3 is 0 Å². The highest BCUT2D eigenvalue weighted by Crippen LogP contribution is 2.56. The highest BCUT2D eigenvalue weighted by Gasteiger charge is 2.45. The molecule has 2 heteroatoms. The van der Waals surface area contributed by atoms with Gasteiger partial charge in [-0.15, -0.1) is 0 Å². The van der Waals surface area contributed by atoms with Gasteiger partial charge in [0.1, 0.15) is 23.2 Å². The van der Waals surface area contributed by atoms with E-state index < -0.39 is 7.26 Å². The van der Waals surface area contributed by atoms with Gasteiger partial charge in [-0.1, -0.05) is 82.3 Å². The molecule has 0 aliphatic rings. The van der Waals surface area contributed by atoms with E-state index in [-0.39, 0.29) is 24.0 Å². The van der Waals surface area contributed by atoms with Crippen molar-refractivity contribution in [1.82, 2.24) is 0 Å². The van der Waals surface area contributed by atoms with Crippen LogP contribution in [0, 0.1) is 17.8 Å². The van der Waals surface area contributed by atoms with E-state index >= 15 is 0 Å². The molecule has 31 heavy (non-hydrogen) atoms. The average molecular weight is 545 g/mol.